The monoisotopic (exact) mass is 221 g/mol. The van der Waals surface area contributed by atoms with Gasteiger partial charge < -0.3 is 9.30 Å². The van der Waals surface area contributed by atoms with Crippen molar-refractivity contribution in [1.82, 2.24) is 4.57 Å². The molecule has 0 aromatic carbocycles. The first-order chi connectivity index (χ1) is 7.79. The van der Waals surface area contributed by atoms with Gasteiger partial charge in [0, 0.05) is 37.6 Å². The molecule has 0 amide bonds. The predicted octanol–water partition coefficient (Wildman–Crippen LogP) is 1.09. The summed E-state index contributed by atoms with van der Waals surface area (Å²) in [6, 6.07) is 3.00. The molecule has 1 saturated heterocycles. The lowest BCUT2D eigenvalue weighted by Crippen LogP contribution is -2.26. The quantitative estimate of drug-likeness (QED) is 0.718. The van der Waals surface area contributed by atoms with Gasteiger partial charge in [0.15, 0.2) is 6.29 Å². The van der Waals surface area contributed by atoms with Crippen LogP contribution in [-0.2, 0) is 11.3 Å². The van der Waals surface area contributed by atoms with Crippen molar-refractivity contribution in [2.75, 3.05) is 13.2 Å². The molecule has 0 radical (unpaired) electrons. The van der Waals surface area contributed by atoms with E-state index in [2.05, 4.69) is 0 Å². The summed E-state index contributed by atoms with van der Waals surface area (Å²) < 4.78 is 6.89. The topological polar surface area (TPSA) is 48.3 Å². The van der Waals surface area contributed by atoms with Gasteiger partial charge in [-0.25, -0.2) is 0 Å². The third-order valence-corrected chi connectivity index (χ3v) is 2.94. The number of carbonyl (C=O) groups excluding carboxylic acids is 1. The molecule has 0 spiro atoms. The van der Waals surface area contributed by atoms with E-state index < -0.39 is 0 Å². The van der Waals surface area contributed by atoms with Crippen molar-refractivity contribution in [2.45, 2.75) is 19.4 Å². The lowest BCUT2D eigenvalue weighted by molar-refractivity contribution is 0.0609. The first-order valence-corrected chi connectivity index (χ1v) is 5.53. The Morgan fingerprint density at radius 3 is 2.81 bits per heavy atom. The molecule has 1 aliphatic heterocycles. The molecule has 1 aliphatic rings. The van der Waals surface area contributed by atoms with Gasteiger partial charge in [-0.15, -0.1) is 0 Å². The highest BCUT2D eigenvalue weighted by Crippen LogP contribution is 2.16. The molecule has 0 unspecified atom stereocenters. The number of aromatic nitrogens is 1. The van der Waals surface area contributed by atoms with Crippen LogP contribution < -0.4 is 5.56 Å². The Morgan fingerprint density at radius 2 is 2.12 bits per heavy atom. The fraction of sp³-hybridized carbons (Fsp3) is 0.500. The van der Waals surface area contributed by atoms with E-state index in [9.17, 15) is 9.59 Å². The van der Waals surface area contributed by atoms with Crippen LogP contribution in [0.15, 0.2) is 23.1 Å². The van der Waals surface area contributed by atoms with Crippen molar-refractivity contribution in [2.24, 2.45) is 5.92 Å². The number of aldehydes is 1. The van der Waals surface area contributed by atoms with E-state index >= 15 is 0 Å². The zero-order valence-corrected chi connectivity index (χ0v) is 9.09. The van der Waals surface area contributed by atoms with Gasteiger partial charge >= 0.3 is 0 Å². The van der Waals surface area contributed by atoms with Crippen molar-refractivity contribution < 1.29 is 9.53 Å². The molecule has 0 aliphatic carbocycles. The third-order valence-electron chi connectivity index (χ3n) is 2.94. The van der Waals surface area contributed by atoms with Crippen LogP contribution in [0.4, 0.5) is 0 Å². The summed E-state index contributed by atoms with van der Waals surface area (Å²) in [6.07, 6.45) is 4.36. The summed E-state index contributed by atoms with van der Waals surface area (Å²) in [4.78, 5) is 22.2. The summed E-state index contributed by atoms with van der Waals surface area (Å²) >= 11 is 0. The van der Waals surface area contributed by atoms with E-state index in [1.165, 1.54) is 6.07 Å². The average molecular weight is 221 g/mol. The van der Waals surface area contributed by atoms with Gasteiger partial charge in [0.25, 0.3) is 5.56 Å². The van der Waals surface area contributed by atoms with Crippen LogP contribution in [0.1, 0.15) is 23.2 Å². The van der Waals surface area contributed by atoms with Gasteiger partial charge in [0.2, 0.25) is 0 Å². The van der Waals surface area contributed by atoms with Crippen molar-refractivity contribution in [3.05, 3.63) is 34.2 Å². The average Bonchev–Trinajstić information content (AvgIpc) is 2.33. The Labute approximate surface area is 93.8 Å². The molecule has 1 fully saturated rings. The second-order valence-corrected chi connectivity index (χ2v) is 4.13. The summed E-state index contributed by atoms with van der Waals surface area (Å²) in [6.45, 7) is 2.23. The zero-order valence-electron chi connectivity index (χ0n) is 9.09. The van der Waals surface area contributed by atoms with Crippen molar-refractivity contribution in [3.63, 3.8) is 0 Å². The van der Waals surface area contributed by atoms with E-state index in [4.69, 9.17) is 4.74 Å². The lowest BCUT2D eigenvalue weighted by Gasteiger charge is -2.22. The Bertz CT molecular complexity index is 419. The van der Waals surface area contributed by atoms with E-state index in [-0.39, 0.29) is 5.56 Å². The smallest absolute Gasteiger partial charge is 0.250 e. The summed E-state index contributed by atoms with van der Waals surface area (Å²) in [7, 11) is 0. The van der Waals surface area contributed by atoms with E-state index in [1.54, 1.807) is 16.8 Å². The Kier molecular flexibility index (Phi) is 3.51. The van der Waals surface area contributed by atoms with Crippen LogP contribution in [0.3, 0.4) is 0 Å². The molecular weight excluding hydrogens is 206 g/mol. The number of carbonyl (C=O) groups is 1. The van der Waals surface area contributed by atoms with Gasteiger partial charge in [0.1, 0.15) is 0 Å². The standard InChI is InChI=1S/C12H15NO3/c14-9-11-1-2-12(15)13(8-11)7-10-3-5-16-6-4-10/h1-2,8-10H,3-7H2. The molecule has 4 heteroatoms. The number of hydrogen-bond donors (Lipinski definition) is 0. The number of nitrogens with zero attached hydrogens (tertiary/aromatic N) is 1. The normalized spacial score (nSPS) is 17.2. The minimum atomic E-state index is -0.0444. The van der Waals surface area contributed by atoms with E-state index in [0.29, 0.717) is 18.0 Å². The minimum absolute atomic E-state index is 0.0444. The van der Waals surface area contributed by atoms with Crippen molar-refractivity contribution in [1.29, 1.82) is 0 Å². The molecule has 0 bridgehead atoms. The first kappa shape index (κ1) is 11.1. The van der Waals surface area contributed by atoms with Crippen molar-refractivity contribution >= 4 is 6.29 Å². The highest BCUT2D eigenvalue weighted by Gasteiger charge is 2.14. The van der Waals surface area contributed by atoms with Crippen LogP contribution in [0.25, 0.3) is 0 Å². The fourth-order valence-corrected chi connectivity index (χ4v) is 1.97. The second-order valence-electron chi connectivity index (χ2n) is 4.13. The van der Waals surface area contributed by atoms with Gasteiger partial charge in [-0.3, -0.25) is 9.59 Å². The largest absolute Gasteiger partial charge is 0.381 e. The molecule has 2 heterocycles. The molecule has 1 aromatic rings. The molecule has 0 atom stereocenters. The van der Waals surface area contributed by atoms with E-state index in [0.717, 1.165) is 32.3 Å². The van der Waals surface area contributed by atoms with Crippen molar-refractivity contribution in [3.8, 4) is 0 Å². The minimum Gasteiger partial charge on any atom is -0.381 e. The van der Waals surface area contributed by atoms with Crippen LogP contribution in [0.2, 0.25) is 0 Å². The number of pyridine rings is 1. The van der Waals surface area contributed by atoms with Gasteiger partial charge in [0.05, 0.1) is 0 Å². The highest BCUT2D eigenvalue weighted by molar-refractivity contribution is 5.73. The summed E-state index contributed by atoms with van der Waals surface area (Å²) in [5.41, 5.74) is 0.503. The van der Waals surface area contributed by atoms with Crippen LogP contribution in [0, 0.1) is 5.92 Å². The SMILES string of the molecule is O=Cc1ccc(=O)n(CC2CCOCC2)c1. The zero-order chi connectivity index (χ0) is 11.4. The van der Waals surface area contributed by atoms with Gasteiger partial charge in [-0.1, -0.05) is 0 Å². The fourth-order valence-electron chi connectivity index (χ4n) is 1.97. The summed E-state index contributed by atoms with van der Waals surface area (Å²) in [5, 5.41) is 0. The van der Waals surface area contributed by atoms with Crippen LogP contribution in [-0.4, -0.2) is 24.1 Å². The molecule has 2 rings (SSSR count). The number of ether oxygens (including phenoxy) is 1. The number of hydrogen-bond acceptors (Lipinski definition) is 3. The Hall–Kier alpha value is -1.42. The van der Waals surface area contributed by atoms with Gasteiger partial charge in [-0.05, 0) is 24.8 Å². The third kappa shape index (κ3) is 2.58. The molecule has 0 saturated carbocycles. The Morgan fingerprint density at radius 1 is 1.38 bits per heavy atom. The lowest BCUT2D eigenvalue weighted by atomic mass is 10.0. The number of rotatable bonds is 3. The molecule has 86 valence electrons. The van der Waals surface area contributed by atoms with Crippen LogP contribution >= 0.6 is 0 Å². The molecular formula is C12H15NO3. The Balaban J connectivity index is 2.12. The maximum Gasteiger partial charge on any atom is 0.250 e. The first-order valence-electron chi connectivity index (χ1n) is 5.53. The van der Waals surface area contributed by atoms with Crippen LogP contribution in [0.5, 0.6) is 0 Å². The second kappa shape index (κ2) is 5.07. The maximum atomic E-state index is 11.6. The highest BCUT2D eigenvalue weighted by atomic mass is 16.5. The van der Waals surface area contributed by atoms with E-state index in [1.807, 2.05) is 0 Å². The van der Waals surface area contributed by atoms with Gasteiger partial charge in [-0.2, -0.15) is 0 Å². The predicted molar refractivity (Wildman–Crippen MR) is 59.6 cm³/mol. The maximum absolute atomic E-state index is 11.6. The molecule has 0 N–H and O–H groups in total. The molecule has 16 heavy (non-hydrogen) atoms. The summed E-state index contributed by atoms with van der Waals surface area (Å²) in [5.74, 6) is 0.480. The molecule has 1 aromatic heterocycles. The molecule has 4 nitrogen and oxygen atoms in total.